The molecule has 0 spiro atoms. The predicted molar refractivity (Wildman–Crippen MR) is 38.6 cm³/mol. The monoisotopic (exact) mass is 165 g/mol. The zero-order valence-electron chi connectivity index (χ0n) is 6.27. The molecule has 0 aliphatic carbocycles. The number of rotatable bonds is 6. The van der Waals surface area contributed by atoms with Crippen molar-refractivity contribution in [3.8, 4) is 0 Å². The number of aliphatic hydroxyl groups excluding tert-OH is 2. The summed E-state index contributed by atoms with van der Waals surface area (Å²) in [6, 6.07) is 0. The summed E-state index contributed by atoms with van der Waals surface area (Å²) in [5.41, 5.74) is 0. The molecule has 0 unspecified atom stereocenters. The van der Waals surface area contributed by atoms with Gasteiger partial charge in [-0.2, -0.15) is 0 Å². The van der Waals surface area contributed by atoms with Crippen molar-refractivity contribution in [1.29, 1.82) is 0 Å². The van der Waals surface area contributed by atoms with E-state index >= 15 is 0 Å². The van der Waals surface area contributed by atoms with E-state index in [0.717, 1.165) is 0 Å². The van der Waals surface area contributed by atoms with E-state index < -0.39 is 12.6 Å². The van der Waals surface area contributed by atoms with Gasteiger partial charge in [0.25, 0.3) is 0 Å². The van der Waals surface area contributed by atoms with Crippen LogP contribution >= 0.6 is 0 Å². The third-order valence-electron chi connectivity index (χ3n) is 1.16. The van der Waals surface area contributed by atoms with Crippen molar-refractivity contribution >= 4 is 0 Å². The van der Waals surface area contributed by atoms with Gasteiger partial charge in [-0.15, -0.1) is 0 Å². The van der Waals surface area contributed by atoms with E-state index in [2.05, 4.69) is 5.32 Å². The van der Waals surface area contributed by atoms with Gasteiger partial charge in [0.05, 0.1) is 0 Å². The van der Waals surface area contributed by atoms with Crippen LogP contribution in [0.2, 0.25) is 0 Å². The van der Waals surface area contributed by atoms with Crippen LogP contribution in [0.1, 0.15) is 12.8 Å². The van der Waals surface area contributed by atoms with Gasteiger partial charge in [0.2, 0.25) is 0 Å². The molecule has 5 nitrogen and oxygen atoms in total. The summed E-state index contributed by atoms with van der Waals surface area (Å²) in [5, 5.41) is 36.3. The second-order valence-electron chi connectivity index (χ2n) is 2.29. The van der Waals surface area contributed by atoms with Crippen molar-refractivity contribution in [2.75, 3.05) is 13.1 Å². The SMILES string of the molecule is OC(O)CCNCCC(O)O. The maximum absolute atomic E-state index is 8.38. The second-order valence-corrected chi connectivity index (χ2v) is 2.29. The van der Waals surface area contributed by atoms with Gasteiger partial charge >= 0.3 is 0 Å². The summed E-state index contributed by atoms with van der Waals surface area (Å²) in [4.78, 5) is 0. The Balaban J connectivity index is 2.91. The van der Waals surface area contributed by atoms with Crippen LogP contribution in [0.5, 0.6) is 0 Å². The Kier molecular flexibility index (Phi) is 6.39. The van der Waals surface area contributed by atoms with Gasteiger partial charge in [-0.3, -0.25) is 0 Å². The van der Waals surface area contributed by atoms with Crippen molar-refractivity contribution in [2.45, 2.75) is 25.4 Å². The summed E-state index contributed by atoms with van der Waals surface area (Å²) < 4.78 is 0. The van der Waals surface area contributed by atoms with Crippen LogP contribution in [0.3, 0.4) is 0 Å². The Morgan fingerprint density at radius 2 is 1.18 bits per heavy atom. The highest BCUT2D eigenvalue weighted by atomic mass is 16.5. The molecule has 0 radical (unpaired) electrons. The first-order valence-corrected chi connectivity index (χ1v) is 3.56. The standard InChI is InChI=1S/C6H15NO4/c8-5(9)1-3-7-4-2-6(10)11/h5-11H,1-4H2. The van der Waals surface area contributed by atoms with Crippen LogP contribution in [0.15, 0.2) is 0 Å². The summed E-state index contributed by atoms with van der Waals surface area (Å²) in [6.07, 6.45) is -2.08. The fourth-order valence-electron chi connectivity index (χ4n) is 0.587. The lowest BCUT2D eigenvalue weighted by Gasteiger charge is -2.06. The van der Waals surface area contributed by atoms with Gasteiger partial charge in [-0.1, -0.05) is 0 Å². The molecule has 0 saturated carbocycles. The first kappa shape index (κ1) is 10.8. The Morgan fingerprint density at radius 3 is 1.45 bits per heavy atom. The van der Waals surface area contributed by atoms with E-state index in [1.54, 1.807) is 0 Å². The molecule has 0 saturated heterocycles. The Labute approximate surface area is 65.3 Å². The van der Waals surface area contributed by atoms with E-state index in [1.165, 1.54) is 0 Å². The molecule has 0 bridgehead atoms. The molecule has 11 heavy (non-hydrogen) atoms. The van der Waals surface area contributed by atoms with Crippen molar-refractivity contribution in [3.63, 3.8) is 0 Å². The lowest BCUT2D eigenvalue weighted by Crippen LogP contribution is -2.24. The van der Waals surface area contributed by atoms with Crippen LogP contribution in [-0.4, -0.2) is 46.1 Å². The van der Waals surface area contributed by atoms with Gasteiger partial charge in [0, 0.05) is 12.8 Å². The Morgan fingerprint density at radius 1 is 0.818 bits per heavy atom. The summed E-state index contributed by atoms with van der Waals surface area (Å²) in [5.74, 6) is 0. The molecule has 5 N–H and O–H groups in total. The summed E-state index contributed by atoms with van der Waals surface area (Å²) in [6.45, 7) is 0.925. The molecule has 0 aromatic heterocycles. The van der Waals surface area contributed by atoms with Gasteiger partial charge in [-0.05, 0) is 13.1 Å². The normalized spacial score (nSPS) is 11.5. The van der Waals surface area contributed by atoms with Crippen LogP contribution in [0, 0.1) is 0 Å². The molecule has 0 rings (SSSR count). The number of hydrogen-bond acceptors (Lipinski definition) is 5. The minimum Gasteiger partial charge on any atom is -0.368 e. The van der Waals surface area contributed by atoms with Gasteiger partial charge in [0.1, 0.15) is 0 Å². The number of aliphatic hydroxyl groups is 4. The van der Waals surface area contributed by atoms with E-state index in [9.17, 15) is 0 Å². The van der Waals surface area contributed by atoms with Crippen molar-refractivity contribution in [1.82, 2.24) is 5.32 Å². The van der Waals surface area contributed by atoms with Crippen LogP contribution in [0.25, 0.3) is 0 Å². The smallest absolute Gasteiger partial charge is 0.152 e. The predicted octanol–water partition coefficient (Wildman–Crippen LogP) is -2.02. The van der Waals surface area contributed by atoms with Gasteiger partial charge < -0.3 is 25.7 Å². The first-order chi connectivity index (χ1) is 5.13. The molecule has 0 aliphatic rings. The third-order valence-corrected chi connectivity index (χ3v) is 1.16. The average Bonchev–Trinajstić information content (AvgIpc) is 1.85. The highest BCUT2D eigenvalue weighted by Gasteiger charge is 1.97. The molecule has 5 heteroatoms. The van der Waals surface area contributed by atoms with Gasteiger partial charge in [-0.25, -0.2) is 0 Å². The highest BCUT2D eigenvalue weighted by Crippen LogP contribution is 1.85. The summed E-state index contributed by atoms with van der Waals surface area (Å²) >= 11 is 0. The molecule has 0 aliphatic heterocycles. The molecule has 68 valence electrons. The first-order valence-electron chi connectivity index (χ1n) is 3.56. The molecular formula is C6H15NO4. The summed E-state index contributed by atoms with van der Waals surface area (Å²) in [7, 11) is 0. The fraction of sp³-hybridized carbons (Fsp3) is 1.00. The van der Waals surface area contributed by atoms with Gasteiger partial charge in [0.15, 0.2) is 12.6 Å². The topological polar surface area (TPSA) is 93.0 Å². The van der Waals surface area contributed by atoms with Crippen molar-refractivity contribution in [2.24, 2.45) is 0 Å². The van der Waals surface area contributed by atoms with Crippen LogP contribution in [-0.2, 0) is 0 Å². The Bertz CT molecular complexity index is 76.7. The van der Waals surface area contributed by atoms with Crippen molar-refractivity contribution < 1.29 is 20.4 Å². The lowest BCUT2D eigenvalue weighted by atomic mass is 10.4. The molecule has 0 atom stereocenters. The van der Waals surface area contributed by atoms with E-state index in [1.807, 2.05) is 0 Å². The van der Waals surface area contributed by atoms with Crippen LogP contribution < -0.4 is 5.32 Å². The molecule has 0 fully saturated rings. The molecule has 0 aromatic rings. The fourth-order valence-corrected chi connectivity index (χ4v) is 0.587. The van der Waals surface area contributed by atoms with E-state index in [0.29, 0.717) is 13.1 Å². The van der Waals surface area contributed by atoms with Crippen LogP contribution in [0.4, 0.5) is 0 Å². The second kappa shape index (κ2) is 6.51. The highest BCUT2D eigenvalue weighted by molar-refractivity contribution is 4.49. The molecular weight excluding hydrogens is 150 g/mol. The maximum atomic E-state index is 8.38. The molecule has 0 aromatic carbocycles. The largest absolute Gasteiger partial charge is 0.368 e. The number of nitrogens with one attached hydrogen (secondary N) is 1. The zero-order chi connectivity index (χ0) is 8.69. The third kappa shape index (κ3) is 9.80. The average molecular weight is 165 g/mol. The molecule has 0 amide bonds. The lowest BCUT2D eigenvalue weighted by molar-refractivity contribution is -0.0484. The minimum absolute atomic E-state index is 0.252. The minimum atomic E-state index is -1.29. The zero-order valence-corrected chi connectivity index (χ0v) is 6.27. The van der Waals surface area contributed by atoms with E-state index in [4.69, 9.17) is 20.4 Å². The van der Waals surface area contributed by atoms with Crippen molar-refractivity contribution in [3.05, 3.63) is 0 Å². The number of hydrogen-bond donors (Lipinski definition) is 5. The Hall–Kier alpha value is -0.200. The quantitative estimate of drug-likeness (QED) is 0.231. The molecule has 0 heterocycles. The van der Waals surface area contributed by atoms with E-state index in [-0.39, 0.29) is 12.8 Å². The maximum Gasteiger partial charge on any atom is 0.152 e.